The van der Waals surface area contributed by atoms with E-state index in [-0.39, 0.29) is 30.9 Å². The molecular formula is C17H22FN3O4. The highest BCUT2D eigenvalue weighted by atomic mass is 19.1. The predicted molar refractivity (Wildman–Crippen MR) is 88.2 cm³/mol. The summed E-state index contributed by atoms with van der Waals surface area (Å²) in [5.74, 6) is -2.05. The van der Waals surface area contributed by atoms with Gasteiger partial charge in [-0.2, -0.15) is 0 Å². The molecule has 1 heterocycles. The molecule has 0 aliphatic carbocycles. The summed E-state index contributed by atoms with van der Waals surface area (Å²) in [5, 5.41) is 14.3. The van der Waals surface area contributed by atoms with Gasteiger partial charge in [-0.1, -0.05) is 12.1 Å². The highest BCUT2D eigenvalue weighted by Crippen LogP contribution is 2.16. The largest absolute Gasteiger partial charge is 0.480 e. The maximum Gasteiger partial charge on any atom is 0.320 e. The van der Waals surface area contributed by atoms with Crippen LogP contribution >= 0.6 is 0 Å². The van der Waals surface area contributed by atoms with Crippen molar-refractivity contribution in [2.45, 2.75) is 31.8 Å². The van der Waals surface area contributed by atoms with Crippen LogP contribution in [0, 0.1) is 5.82 Å². The third-order valence-electron chi connectivity index (χ3n) is 4.19. The number of hydrogen-bond donors (Lipinski definition) is 3. The first-order valence-electron chi connectivity index (χ1n) is 8.15. The van der Waals surface area contributed by atoms with Gasteiger partial charge in [-0.25, -0.2) is 4.39 Å². The molecule has 0 bridgehead atoms. The maximum absolute atomic E-state index is 12.9. The lowest BCUT2D eigenvalue weighted by atomic mass is 10.1. The fourth-order valence-corrected chi connectivity index (χ4v) is 2.84. The summed E-state index contributed by atoms with van der Waals surface area (Å²) in [6.45, 7) is 2.07. The molecule has 1 aliphatic rings. The molecule has 7 nitrogen and oxygen atoms in total. The molecule has 0 radical (unpaired) electrons. The standard InChI is InChI=1S/C17H22FN3O4/c1-11(12-4-6-13(18)7-5-12)20-15(22)9-19-16(23)10-21-8-2-3-14(21)17(24)25/h4-7,11,14H,2-3,8-10H2,1H3,(H,19,23)(H,20,22)(H,24,25)/t11?,14-/m0/s1. The number of hydrogen-bond acceptors (Lipinski definition) is 4. The molecule has 8 heteroatoms. The SMILES string of the molecule is CC(NC(=O)CNC(=O)CN1CCC[C@H]1C(=O)O)c1ccc(F)cc1. The van der Waals surface area contributed by atoms with Crippen molar-refractivity contribution >= 4 is 17.8 Å². The van der Waals surface area contributed by atoms with Gasteiger partial charge in [0.05, 0.1) is 19.1 Å². The Balaban J connectivity index is 1.74. The van der Waals surface area contributed by atoms with E-state index in [4.69, 9.17) is 5.11 Å². The second-order valence-corrected chi connectivity index (χ2v) is 6.08. The van der Waals surface area contributed by atoms with Crippen LogP contribution in [0.15, 0.2) is 24.3 Å². The summed E-state index contributed by atoms with van der Waals surface area (Å²) >= 11 is 0. The van der Waals surface area contributed by atoms with Crippen LogP contribution in [0.4, 0.5) is 4.39 Å². The molecule has 1 aromatic rings. The second kappa shape index (κ2) is 8.57. The number of halogens is 1. The second-order valence-electron chi connectivity index (χ2n) is 6.08. The first-order valence-corrected chi connectivity index (χ1v) is 8.15. The quantitative estimate of drug-likeness (QED) is 0.671. The van der Waals surface area contributed by atoms with Gasteiger partial charge in [0.25, 0.3) is 0 Å². The third kappa shape index (κ3) is 5.53. The van der Waals surface area contributed by atoms with Crippen molar-refractivity contribution in [1.29, 1.82) is 0 Å². The number of benzene rings is 1. The minimum atomic E-state index is -0.934. The number of nitrogens with zero attached hydrogens (tertiary/aromatic N) is 1. The average molecular weight is 351 g/mol. The third-order valence-corrected chi connectivity index (χ3v) is 4.19. The molecule has 1 aromatic carbocycles. The molecule has 2 atom stereocenters. The Labute approximate surface area is 145 Å². The van der Waals surface area contributed by atoms with Crippen LogP contribution in [0.25, 0.3) is 0 Å². The van der Waals surface area contributed by atoms with Gasteiger partial charge in [-0.05, 0) is 44.0 Å². The molecule has 25 heavy (non-hydrogen) atoms. The molecule has 1 fully saturated rings. The predicted octanol–water partition coefficient (Wildman–Crippen LogP) is 0.668. The molecule has 1 aliphatic heterocycles. The number of amides is 2. The summed E-state index contributed by atoms with van der Waals surface area (Å²) in [5.41, 5.74) is 0.752. The number of carboxylic acid groups (broad SMARTS) is 1. The monoisotopic (exact) mass is 351 g/mol. The van der Waals surface area contributed by atoms with Crippen LogP contribution in [0.2, 0.25) is 0 Å². The summed E-state index contributed by atoms with van der Waals surface area (Å²) in [6, 6.07) is 4.83. The summed E-state index contributed by atoms with van der Waals surface area (Å²) in [7, 11) is 0. The number of aliphatic carboxylic acids is 1. The van der Waals surface area contributed by atoms with Crippen LogP contribution in [0.5, 0.6) is 0 Å². The lowest BCUT2D eigenvalue weighted by Gasteiger charge is -2.20. The van der Waals surface area contributed by atoms with Crippen LogP contribution in [-0.4, -0.2) is 53.5 Å². The first-order chi connectivity index (χ1) is 11.9. The number of carbonyl (C=O) groups excluding carboxylic acids is 2. The lowest BCUT2D eigenvalue weighted by molar-refractivity contribution is -0.142. The van der Waals surface area contributed by atoms with Gasteiger partial charge in [0, 0.05) is 0 Å². The van der Waals surface area contributed by atoms with Gasteiger partial charge in [-0.3, -0.25) is 19.3 Å². The van der Waals surface area contributed by atoms with Crippen LogP contribution in [0.1, 0.15) is 31.4 Å². The number of carbonyl (C=O) groups is 3. The van der Waals surface area contributed by atoms with E-state index in [0.717, 1.165) is 12.0 Å². The van der Waals surface area contributed by atoms with Gasteiger partial charge in [0.2, 0.25) is 11.8 Å². The summed E-state index contributed by atoms with van der Waals surface area (Å²) in [4.78, 5) is 36.5. The fraction of sp³-hybridized carbons (Fsp3) is 0.471. The van der Waals surface area contributed by atoms with Crippen molar-refractivity contribution in [3.63, 3.8) is 0 Å². The van der Waals surface area contributed by atoms with Crippen LogP contribution in [-0.2, 0) is 14.4 Å². The van der Waals surface area contributed by atoms with E-state index in [0.29, 0.717) is 13.0 Å². The Hall–Kier alpha value is -2.48. The molecule has 1 unspecified atom stereocenters. The summed E-state index contributed by atoms with van der Waals surface area (Å²) in [6.07, 6.45) is 1.26. The maximum atomic E-state index is 12.9. The van der Waals surface area contributed by atoms with Crippen molar-refractivity contribution in [2.24, 2.45) is 0 Å². The van der Waals surface area contributed by atoms with Crippen molar-refractivity contribution in [1.82, 2.24) is 15.5 Å². The highest BCUT2D eigenvalue weighted by Gasteiger charge is 2.31. The lowest BCUT2D eigenvalue weighted by Crippen LogP contribution is -2.45. The Kier molecular flexibility index (Phi) is 6.46. The number of rotatable bonds is 7. The van der Waals surface area contributed by atoms with Gasteiger partial charge in [-0.15, -0.1) is 0 Å². The zero-order valence-corrected chi connectivity index (χ0v) is 14.0. The molecule has 2 amide bonds. The molecule has 0 aromatic heterocycles. The van der Waals surface area contributed by atoms with E-state index in [9.17, 15) is 18.8 Å². The van der Waals surface area contributed by atoms with Gasteiger partial charge >= 0.3 is 5.97 Å². The average Bonchev–Trinajstić information content (AvgIpc) is 3.02. The van der Waals surface area contributed by atoms with Gasteiger partial charge in [0.1, 0.15) is 11.9 Å². The minimum absolute atomic E-state index is 0.0439. The van der Waals surface area contributed by atoms with Crippen LogP contribution < -0.4 is 10.6 Å². The van der Waals surface area contributed by atoms with E-state index in [1.807, 2.05) is 0 Å². The van der Waals surface area contributed by atoms with Gasteiger partial charge < -0.3 is 15.7 Å². The molecule has 136 valence electrons. The van der Waals surface area contributed by atoms with E-state index in [1.165, 1.54) is 12.1 Å². The van der Waals surface area contributed by atoms with E-state index in [2.05, 4.69) is 10.6 Å². The first kappa shape index (κ1) is 18.9. The number of likely N-dealkylation sites (tertiary alicyclic amines) is 1. The number of carboxylic acids is 1. The van der Waals surface area contributed by atoms with Crippen molar-refractivity contribution in [3.05, 3.63) is 35.6 Å². The van der Waals surface area contributed by atoms with Crippen molar-refractivity contribution in [2.75, 3.05) is 19.6 Å². The van der Waals surface area contributed by atoms with Crippen molar-refractivity contribution in [3.8, 4) is 0 Å². The Morgan fingerprint density at radius 3 is 2.60 bits per heavy atom. The van der Waals surface area contributed by atoms with Gasteiger partial charge in [0.15, 0.2) is 0 Å². The molecular weight excluding hydrogens is 329 g/mol. The Morgan fingerprint density at radius 2 is 1.96 bits per heavy atom. The smallest absolute Gasteiger partial charge is 0.320 e. The topological polar surface area (TPSA) is 98.7 Å². The van der Waals surface area contributed by atoms with Crippen molar-refractivity contribution < 1.29 is 23.9 Å². The normalized spacial score (nSPS) is 18.6. The Bertz CT molecular complexity index is 635. The highest BCUT2D eigenvalue weighted by molar-refractivity contribution is 5.86. The van der Waals surface area contributed by atoms with E-state index >= 15 is 0 Å². The molecule has 0 saturated carbocycles. The van der Waals surface area contributed by atoms with E-state index < -0.39 is 17.9 Å². The molecule has 0 spiro atoms. The minimum Gasteiger partial charge on any atom is -0.480 e. The van der Waals surface area contributed by atoms with Crippen LogP contribution in [0.3, 0.4) is 0 Å². The summed E-state index contributed by atoms with van der Waals surface area (Å²) < 4.78 is 12.9. The Morgan fingerprint density at radius 1 is 1.28 bits per heavy atom. The fourth-order valence-electron chi connectivity index (χ4n) is 2.84. The zero-order valence-electron chi connectivity index (χ0n) is 14.0. The molecule has 1 saturated heterocycles. The molecule has 3 N–H and O–H groups in total. The molecule has 2 rings (SSSR count). The zero-order chi connectivity index (χ0) is 18.4. The number of nitrogens with one attached hydrogen (secondary N) is 2. The van der Waals surface area contributed by atoms with E-state index in [1.54, 1.807) is 24.0 Å².